The van der Waals surface area contributed by atoms with E-state index in [1.807, 2.05) is 28.9 Å². The second-order valence-electron chi connectivity index (χ2n) is 3.16. The Hall–Kier alpha value is -2.23. The van der Waals surface area contributed by atoms with Gasteiger partial charge in [0.2, 0.25) is 0 Å². The van der Waals surface area contributed by atoms with E-state index in [0.717, 1.165) is 16.9 Å². The fourth-order valence-electron chi connectivity index (χ4n) is 1.58. The van der Waals surface area contributed by atoms with Crippen molar-refractivity contribution in [1.29, 1.82) is 0 Å². The molecule has 0 unspecified atom stereocenters. The first-order chi connectivity index (χ1) is 7.45. The van der Waals surface area contributed by atoms with E-state index in [-0.39, 0.29) is 0 Å². The molecule has 0 spiro atoms. The van der Waals surface area contributed by atoms with Gasteiger partial charge in [-0.05, 0) is 24.3 Å². The zero-order valence-electron chi connectivity index (χ0n) is 7.91. The summed E-state index contributed by atoms with van der Waals surface area (Å²) >= 11 is 0. The standard InChI is InChI=1S/C11H8N4/c1-3-9(11-12-5-2-6-13-11)10-4-7-14-15(10)8-1/h1-8H. The van der Waals surface area contributed by atoms with Gasteiger partial charge in [0.15, 0.2) is 5.82 Å². The molecular formula is C11H8N4. The van der Waals surface area contributed by atoms with Gasteiger partial charge in [0.25, 0.3) is 0 Å². The van der Waals surface area contributed by atoms with Gasteiger partial charge in [0.05, 0.1) is 11.7 Å². The number of fused-ring (bicyclic) bond motifs is 1. The lowest BCUT2D eigenvalue weighted by atomic mass is 10.2. The molecule has 3 aromatic rings. The molecule has 0 aliphatic carbocycles. The Kier molecular flexibility index (Phi) is 1.71. The van der Waals surface area contributed by atoms with Crippen molar-refractivity contribution in [2.75, 3.05) is 0 Å². The number of hydrogen-bond acceptors (Lipinski definition) is 3. The molecule has 0 aromatic carbocycles. The molecule has 3 heterocycles. The Labute approximate surface area is 86.2 Å². The van der Waals surface area contributed by atoms with Gasteiger partial charge in [-0.3, -0.25) is 0 Å². The first-order valence-electron chi connectivity index (χ1n) is 4.65. The van der Waals surface area contributed by atoms with Gasteiger partial charge in [-0.2, -0.15) is 5.10 Å². The first-order valence-corrected chi connectivity index (χ1v) is 4.65. The van der Waals surface area contributed by atoms with Gasteiger partial charge in [-0.15, -0.1) is 0 Å². The normalized spacial score (nSPS) is 10.7. The van der Waals surface area contributed by atoms with Crippen LogP contribution in [0.5, 0.6) is 0 Å². The molecule has 0 atom stereocenters. The average molecular weight is 196 g/mol. The van der Waals surface area contributed by atoms with Crippen LogP contribution in [-0.2, 0) is 0 Å². The van der Waals surface area contributed by atoms with E-state index in [4.69, 9.17) is 0 Å². The van der Waals surface area contributed by atoms with Crippen LogP contribution in [0, 0.1) is 0 Å². The molecule has 0 radical (unpaired) electrons. The molecule has 0 saturated heterocycles. The van der Waals surface area contributed by atoms with E-state index < -0.39 is 0 Å². The van der Waals surface area contributed by atoms with Crippen molar-refractivity contribution in [1.82, 2.24) is 19.6 Å². The maximum absolute atomic E-state index is 4.23. The molecular weight excluding hydrogens is 188 g/mol. The van der Waals surface area contributed by atoms with Crippen LogP contribution >= 0.6 is 0 Å². The van der Waals surface area contributed by atoms with Crippen LogP contribution < -0.4 is 0 Å². The number of nitrogens with zero attached hydrogens (tertiary/aromatic N) is 4. The van der Waals surface area contributed by atoms with E-state index in [0.29, 0.717) is 0 Å². The Morgan fingerprint density at radius 2 is 1.80 bits per heavy atom. The Bertz CT molecular complexity index is 586. The van der Waals surface area contributed by atoms with Crippen LogP contribution in [0.3, 0.4) is 0 Å². The molecule has 0 amide bonds. The molecule has 4 nitrogen and oxygen atoms in total. The second kappa shape index (κ2) is 3.16. The summed E-state index contributed by atoms with van der Waals surface area (Å²) in [6.45, 7) is 0. The van der Waals surface area contributed by atoms with Crippen molar-refractivity contribution in [2.24, 2.45) is 0 Å². The second-order valence-corrected chi connectivity index (χ2v) is 3.16. The summed E-state index contributed by atoms with van der Waals surface area (Å²) in [5.41, 5.74) is 2.01. The van der Waals surface area contributed by atoms with E-state index in [1.165, 1.54) is 0 Å². The molecule has 0 fully saturated rings. The van der Waals surface area contributed by atoms with Crippen LogP contribution in [0.25, 0.3) is 16.9 Å². The van der Waals surface area contributed by atoms with Crippen LogP contribution in [-0.4, -0.2) is 19.6 Å². The van der Waals surface area contributed by atoms with Gasteiger partial charge in [-0.1, -0.05) is 0 Å². The summed E-state index contributed by atoms with van der Waals surface area (Å²) in [7, 11) is 0. The molecule has 0 bridgehead atoms. The minimum absolute atomic E-state index is 0.726. The van der Waals surface area contributed by atoms with Crippen molar-refractivity contribution >= 4 is 5.52 Å². The number of rotatable bonds is 1. The third kappa shape index (κ3) is 1.27. The van der Waals surface area contributed by atoms with E-state index >= 15 is 0 Å². The van der Waals surface area contributed by atoms with Crippen molar-refractivity contribution in [2.45, 2.75) is 0 Å². The van der Waals surface area contributed by atoms with E-state index in [1.54, 1.807) is 24.7 Å². The van der Waals surface area contributed by atoms with Crippen LogP contribution in [0.2, 0.25) is 0 Å². The fraction of sp³-hybridized carbons (Fsp3) is 0. The van der Waals surface area contributed by atoms with Gasteiger partial charge >= 0.3 is 0 Å². The van der Waals surface area contributed by atoms with Gasteiger partial charge < -0.3 is 0 Å². The first kappa shape index (κ1) is 8.11. The molecule has 4 heteroatoms. The maximum Gasteiger partial charge on any atom is 0.161 e. The Morgan fingerprint density at radius 1 is 0.933 bits per heavy atom. The highest BCUT2D eigenvalue weighted by molar-refractivity contribution is 5.75. The lowest BCUT2D eigenvalue weighted by Crippen LogP contribution is -1.91. The molecule has 72 valence electrons. The van der Waals surface area contributed by atoms with Crippen LogP contribution in [0.1, 0.15) is 0 Å². The van der Waals surface area contributed by atoms with E-state index in [2.05, 4.69) is 15.1 Å². The SMILES string of the molecule is c1cnc(-c2cccn3nccc23)nc1. The quantitative estimate of drug-likeness (QED) is 0.596. The third-order valence-electron chi connectivity index (χ3n) is 2.24. The minimum Gasteiger partial charge on any atom is -0.240 e. The summed E-state index contributed by atoms with van der Waals surface area (Å²) in [6, 6.07) is 7.68. The van der Waals surface area contributed by atoms with E-state index in [9.17, 15) is 0 Å². The summed E-state index contributed by atoms with van der Waals surface area (Å²) in [4.78, 5) is 8.45. The molecule has 0 aliphatic heterocycles. The predicted octanol–water partition coefficient (Wildman–Crippen LogP) is 1.79. The highest BCUT2D eigenvalue weighted by atomic mass is 15.2. The zero-order chi connectivity index (χ0) is 10.1. The highest BCUT2D eigenvalue weighted by Crippen LogP contribution is 2.19. The van der Waals surface area contributed by atoms with Crippen molar-refractivity contribution in [3.63, 3.8) is 0 Å². The van der Waals surface area contributed by atoms with Crippen molar-refractivity contribution in [3.05, 3.63) is 49.1 Å². The number of pyridine rings is 1. The summed E-state index contributed by atoms with van der Waals surface area (Å²) in [6.07, 6.45) is 7.15. The Balaban J connectivity index is 2.31. The average Bonchev–Trinajstić information content (AvgIpc) is 2.78. The molecule has 3 rings (SSSR count). The number of aromatic nitrogens is 4. The van der Waals surface area contributed by atoms with Crippen LogP contribution in [0.15, 0.2) is 49.1 Å². The third-order valence-corrected chi connectivity index (χ3v) is 2.24. The number of hydrogen-bond donors (Lipinski definition) is 0. The maximum atomic E-state index is 4.23. The van der Waals surface area contributed by atoms with Crippen LogP contribution in [0.4, 0.5) is 0 Å². The lowest BCUT2D eigenvalue weighted by Gasteiger charge is -2.01. The van der Waals surface area contributed by atoms with Gasteiger partial charge in [-0.25, -0.2) is 14.5 Å². The smallest absolute Gasteiger partial charge is 0.161 e. The van der Waals surface area contributed by atoms with Crippen molar-refractivity contribution < 1.29 is 0 Å². The summed E-state index contributed by atoms with van der Waals surface area (Å²) < 4.78 is 1.81. The predicted molar refractivity (Wildman–Crippen MR) is 56.2 cm³/mol. The topological polar surface area (TPSA) is 43.1 Å². The summed E-state index contributed by atoms with van der Waals surface area (Å²) in [5, 5.41) is 4.17. The molecule has 15 heavy (non-hydrogen) atoms. The molecule has 3 aromatic heterocycles. The van der Waals surface area contributed by atoms with Gasteiger partial charge in [0.1, 0.15) is 0 Å². The minimum atomic E-state index is 0.726. The summed E-state index contributed by atoms with van der Waals surface area (Å²) in [5.74, 6) is 0.726. The zero-order valence-corrected chi connectivity index (χ0v) is 7.91. The molecule has 0 N–H and O–H groups in total. The lowest BCUT2D eigenvalue weighted by molar-refractivity contribution is 0.960. The van der Waals surface area contributed by atoms with Crippen molar-refractivity contribution in [3.8, 4) is 11.4 Å². The molecule has 0 saturated carbocycles. The molecule has 0 aliphatic rings. The highest BCUT2D eigenvalue weighted by Gasteiger charge is 2.05. The largest absolute Gasteiger partial charge is 0.240 e. The Morgan fingerprint density at radius 3 is 2.67 bits per heavy atom. The monoisotopic (exact) mass is 196 g/mol. The fourth-order valence-corrected chi connectivity index (χ4v) is 1.58. The van der Waals surface area contributed by atoms with Gasteiger partial charge in [0, 0.05) is 24.2 Å².